The summed E-state index contributed by atoms with van der Waals surface area (Å²) in [5.41, 5.74) is 1.21. The summed E-state index contributed by atoms with van der Waals surface area (Å²) in [6.45, 7) is 5.58. The van der Waals surface area contributed by atoms with E-state index in [1.807, 2.05) is 36.1 Å². The Balaban J connectivity index is 1.57. The van der Waals surface area contributed by atoms with Gasteiger partial charge in [0.05, 0.1) is 0 Å². The van der Waals surface area contributed by atoms with E-state index in [1.165, 1.54) is 17.6 Å². The quantitative estimate of drug-likeness (QED) is 0.732. The number of imide groups is 1. The lowest BCUT2D eigenvalue weighted by Crippen LogP contribution is -2.64. The number of rotatable bonds is 3. The highest BCUT2D eigenvalue weighted by molar-refractivity contribution is 6.29. The highest BCUT2D eigenvalue weighted by atomic mass is 35.5. The number of piperazine rings is 1. The first kappa shape index (κ1) is 20.5. The van der Waals surface area contributed by atoms with Crippen LogP contribution in [0.4, 0.5) is 10.5 Å². The van der Waals surface area contributed by atoms with E-state index in [0.29, 0.717) is 11.6 Å². The van der Waals surface area contributed by atoms with Crippen LogP contribution in [0.15, 0.2) is 46.4 Å². The Kier molecular flexibility index (Phi) is 5.60. The number of para-hydroxylation sites is 1. The standard InChI is InChI=1S/C21H27ClN6O2/c1-15(22)9-10-28-17-18(24(2)21(30)25(3)19(17)29)23-20(28)27-13-11-26(12-14-27)16-7-5-4-6-8-16/h4-9,17-18H,10-14H2,1-3H3/b15-9+. The Labute approximate surface area is 182 Å². The van der Waals surface area contributed by atoms with Gasteiger partial charge in [-0.2, -0.15) is 0 Å². The third-order valence-corrected chi connectivity index (χ3v) is 6.10. The number of halogens is 1. The van der Waals surface area contributed by atoms with E-state index in [9.17, 15) is 9.59 Å². The number of guanidine groups is 1. The maximum absolute atomic E-state index is 13.0. The van der Waals surface area contributed by atoms with Crippen LogP contribution in [0.3, 0.4) is 0 Å². The first-order valence-electron chi connectivity index (χ1n) is 10.1. The molecule has 0 aromatic heterocycles. The van der Waals surface area contributed by atoms with E-state index in [4.69, 9.17) is 16.6 Å². The van der Waals surface area contributed by atoms with Gasteiger partial charge < -0.3 is 19.6 Å². The molecule has 2 atom stereocenters. The Hall–Kier alpha value is -2.74. The highest BCUT2D eigenvalue weighted by Crippen LogP contribution is 2.29. The molecule has 2 unspecified atom stereocenters. The van der Waals surface area contributed by atoms with Crippen molar-refractivity contribution in [1.29, 1.82) is 0 Å². The molecule has 30 heavy (non-hydrogen) atoms. The van der Waals surface area contributed by atoms with E-state index in [1.54, 1.807) is 11.9 Å². The number of hydrogen-bond acceptors (Lipinski definition) is 6. The number of aliphatic imine (C=N–C) groups is 1. The fourth-order valence-electron chi connectivity index (χ4n) is 4.24. The van der Waals surface area contributed by atoms with E-state index < -0.39 is 12.2 Å². The fourth-order valence-corrected chi connectivity index (χ4v) is 4.31. The molecule has 3 aliphatic rings. The topological polar surface area (TPSA) is 62.7 Å². The third kappa shape index (κ3) is 3.60. The molecular weight excluding hydrogens is 404 g/mol. The second-order valence-electron chi connectivity index (χ2n) is 7.83. The number of fused-ring (bicyclic) bond motifs is 1. The van der Waals surface area contributed by atoms with Gasteiger partial charge in [0.2, 0.25) is 0 Å². The second-order valence-corrected chi connectivity index (χ2v) is 8.43. The molecule has 3 amide bonds. The van der Waals surface area contributed by atoms with Gasteiger partial charge in [-0.1, -0.05) is 35.9 Å². The van der Waals surface area contributed by atoms with Gasteiger partial charge >= 0.3 is 6.03 Å². The Morgan fingerprint density at radius 1 is 1.10 bits per heavy atom. The molecule has 0 aliphatic carbocycles. The van der Waals surface area contributed by atoms with E-state index in [2.05, 4.69) is 21.9 Å². The summed E-state index contributed by atoms with van der Waals surface area (Å²) < 4.78 is 0. The number of hydrogen-bond donors (Lipinski definition) is 0. The van der Waals surface area contributed by atoms with E-state index in [0.717, 1.165) is 32.1 Å². The molecule has 0 bridgehead atoms. The van der Waals surface area contributed by atoms with Crippen molar-refractivity contribution in [3.63, 3.8) is 0 Å². The largest absolute Gasteiger partial charge is 0.368 e. The molecule has 4 rings (SSSR count). The van der Waals surface area contributed by atoms with Crippen LogP contribution in [0.2, 0.25) is 0 Å². The first-order chi connectivity index (χ1) is 14.4. The smallest absolute Gasteiger partial charge is 0.328 e. The van der Waals surface area contributed by atoms with Gasteiger partial charge in [0.15, 0.2) is 18.2 Å². The minimum atomic E-state index is -0.535. The van der Waals surface area contributed by atoms with Crippen molar-refractivity contribution < 1.29 is 9.59 Å². The summed E-state index contributed by atoms with van der Waals surface area (Å²) in [5.74, 6) is 0.528. The van der Waals surface area contributed by atoms with Gasteiger partial charge in [-0.25, -0.2) is 9.79 Å². The van der Waals surface area contributed by atoms with Gasteiger partial charge in [0, 0.05) is 57.5 Å². The number of allylic oxidation sites excluding steroid dienone is 1. The van der Waals surface area contributed by atoms with Crippen LogP contribution < -0.4 is 4.90 Å². The van der Waals surface area contributed by atoms with Crippen LogP contribution >= 0.6 is 11.6 Å². The molecule has 160 valence electrons. The van der Waals surface area contributed by atoms with Crippen molar-refractivity contribution >= 4 is 35.2 Å². The van der Waals surface area contributed by atoms with Crippen LogP contribution in [-0.4, -0.2) is 96.5 Å². The van der Waals surface area contributed by atoms with Crippen molar-refractivity contribution in [3.05, 3.63) is 41.4 Å². The number of benzene rings is 1. The molecule has 8 nitrogen and oxygen atoms in total. The maximum Gasteiger partial charge on any atom is 0.328 e. The van der Waals surface area contributed by atoms with Gasteiger partial charge in [-0.3, -0.25) is 9.69 Å². The molecule has 0 radical (unpaired) electrons. The zero-order valence-electron chi connectivity index (χ0n) is 17.5. The summed E-state index contributed by atoms with van der Waals surface area (Å²) in [7, 11) is 3.22. The van der Waals surface area contributed by atoms with Crippen molar-refractivity contribution in [2.75, 3.05) is 51.7 Å². The van der Waals surface area contributed by atoms with Crippen LogP contribution in [0.5, 0.6) is 0 Å². The summed E-state index contributed by atoms with van der Waals surface area (Å²) in [6, 6.07) is 9.48. The molecule has 1 aromatic rings. The van der Waals surface area contributed by atoms with Crippen LogP contribution in [0.1, 0.15) is 6.92 Å². The normalized spacial score (nSPS) is 25.1. The zero-order chi connectivity index (χ0) is 21.4. The van der Waals surface area contributed by atoms with Crippen molar-refractivity contribution in [2.45, 2.75) is 19.1 Å². The number of nitrogens with zero attached hydrogens (tertiary/aromatic N) is 6. The number of carbonyl (C=O) groups excluding carboxylic acids is 2. The number of amides is 3. The van der Waals surface area contributed by atoms with Crippen LogP contribution in [-0.2, 0) is 4.79 Å². The molecule has 0 saturated carbocycles. The molecule has 3 heterocycles. The Morgan fingerprint density at radius 3 is 2.37 bits per heavy atom. The Bertz CT molecular complexity index is 877. The minimum absolute atomic E-state index is 0.231. The minimum Gasteiger partial charge on any atom is -0.368 e. The molecule has 2 fully saturated rings. The number of urea groups is 1. The Morgan fingerprint density at radius 2 is 1.73 bits per heavy atom. The van der Waals surface area contributed by atoms with Crippen molar-refractivity contribution in [2.24, 2.45) is 4.99 Å². The van der Waals surface area contributed by atoms with E-state index >= 15 is 0 Å². The summed E-state index contributed by atoms with van der Waals surface area (Å²) >= 11 is 6.08. The van der Waals surface area contributed by atoms with Gasteiger partial charge in [-0.15, -0.1) is 0 Å². The van der Waals surface area contributed by atoms with Gasteiger partial charge in [0.25, 0.3) is 5.91 Å². The van der Waals surface area contributed by atoms with E-state index in [-0.39, 0.29) is 11.9 Å². The average molecular weight is 431 g/mol. The monoisotopic (exact) mass is 430 g/mol. The van der Waals surface area contributed by atoms with Crippen molar-refractivity contribution in [1.82, 2.24) is 19.6 Å². The number of likely N-dealkylation sites (N-methyl/N-ethyl adjacent to an activating group) is 2. The molecule has 2 saturated heterocycles. The van der Waals surface area contributed by atoms with Crippen molar-refractivity contribution in [3.8, 4) is 0 Å². The number of anilines is 1. The summed E-state index contributed by atoms with van der Waals surface area (Å²) in [6.07, 6.45) is 1.36. The fraction of sp³-hybridized carbons (Fsp3) is 0.476. The highest BCUT2D eigenvalue weighted by Gasteiger charge is 2.51. The SMILES string of the molecule is C/C(Cl)=C\CN1C(N2CCN(c3ccccc3)CC2)=NC2C1C(=O)N(C)C(=O)N2C. The molecule has 0 spiro atoms. The molecule has 1 aromatic carbocycles. The predicted octanol–water partition coefficient (Wildman–Crippen LogP) is 1.84. The molecule has 3 aliphatic heterocycles. The van der Waals surface area contributed by atoms with Crippen LogP contribution in [0.25, 0.3) is 0 Å². The maximum atomic E-state index is 13.0. The lowest BCUT2D eigenvalue weighted by Gasteiger charge is -2.42. The average Bonchev–Trinajstić information content (AvgIpc) is 3.15. The zero-order valence-corrected chi connectivity index (χ0v) is 18.3. The lowest BCUT2D eigenvalue weighted by molar-refractivity contribution is -0.136. The van der Waals surface area contributed by atoms with Gasteiger partial charge in [0.1, 0.15) is 0 Å². The molecule has 0 N–H and O–H groups in total. The van der Waals surface area contributed by atoms with Crippen LogP contribution in [0, 0.1) is 0 Å². The summed E-state index contributed by atoms with van der Waals surface area (Å²) in [5, 5.41) is 0.660. The predicted molar refractivity (Wildman–Crippen MR) is 117 cm³/mol. The lowest BCUT2D eigenvalue weighted by atomic mass is 10.1. The molecule has 9 heteroatoms. The van der Waals surface area contributed by atoms with Gasteiger partial charge in [-0.05, 0) is 19.1 Å². The molecular formula is C21H27ClN6O2. The second kappa shape index (κ2) is 8.18. The third-order valence-electron chi connectivity index (χ3n) is 5.94. The number of carbonyl (C=O) groups is 2. The summed E-state index contributed by atoms with van der Waals surface area (Å²) in [4.78, 5) is 39.5. The first-order valence-corrected chi connectivity index (χ1v) is 10.5.